The largest absolute Gasteiger partial charge is 0.471 e. The number of aromatic nitrogens is 2. The van der Waals surface area contributed by atoms with Crippen molar-refractivity contribution in [3.05, 3.63) is 62.8 Å². The Hall–Kier alpha value is -3.39. The van der Waals surface area contributed by atoms with E-state index in [1.165, 1.54) is 6.07 Å². The first-order valence-corrected chi connectivity index (χ1v) is 11.8. The minimum absolute atomic E-state index is 0.0938. The molecule has 0 fully saturated rings. The van der Waals surface area contributed by atoms with Crippen LogP contribution in [0.2, 0.25) is 5.02 Å². The van der Waals surface area contributed by atoms with Gasteiger partial charge < -0.3 is 19.6 Å². The molecule has 1 aromatic heterocycles. The number of hydrogen-bond acceptors (Lipinski definition) is 9. The van der Waals surface area contributed by atoms with Gasteiger partial charge in [0.2, 0.25) is 5.75 Å². The van der Waals surface area contributed by atoms with Gasteiger partial charge in [-0.1, -0.05) is 11.6 Å². The first-order valence-electron chi connectivity index (χ1n) is 9.86. The van der Waals surface area contributed by atoms with E-state index in [-0.39, 0.29) is 10.6 Å². The van der Waals surface area contributed by atoms with Crippen molar-refractivity contribution in [2.45, 2.75) is 25.4 Å². The molecule has 0 saturated heterocycles. The molecule has 204 valence electrons. The number of hydrazone groups is 1. The highest BCUT2D eigenvalue weighted by Crippen LogP contribution is 2.37. The van der Waals surface area contributed by atoms with Crippen LogP contribution in [0.1, 0.15) is 11.3 Å². The second-order valence-electron chi connectivity index (χ2n) is 7.35. The second kappa shape index (κ2) is 11.2. The van der Waals surface area contributed by atoms with E-state index in [0.717, 1.165) is 12.1 Å². The summed E-state index contributed by atoms with van der Waals surface area (Å²) in [6.45, 7) is -2.00. The fourth-order valence-corrected chi connectivity index (χ4v) is 3.53. The van der Waals surface area contributed by atoms with Gasteiger partial charge in [0.25, 0.3) is 12.0 Å². The number of ether oxygens (including phenoxy) is 1. The molecule has 3 rings (SSSR count). The second-order valence-corrected chi connectivity index (χ2v) is 9.03. The summed E-state index contributed by atoms with van der Waals surface area (Å²) in [5.74, 6) is -1.76. The number of phosphoric acid groups is 1. The summed E-state index contributed by atoms with van der Waals surface area (Å²) in [6, 6.07) is 4.91. The molecule has 0 amide bonds. The maximum absolute atomic E-state index is 13.6. The third kappa shape index (κ3) is 7.13. The zero-order valence-electron chi connectivity index (χ0n) is 18.4. The van der Waals surface area contributed by atoms with Crippen LogP contribution in [-0.4, -0.2) is 54.5 Å². The fraction of sp³-hybridized carbons (Fsp3) is 0.263. The predicted molar refractivity (Wildman–Crippen MR) is 117 cm³/mol. The normalized spacial score (nSPS) is 16.2. The van der Waals surface area contributed by atoms with Crippen LogP contribution < -0.4 is 10.3 Å². The Kier molecular flexibility index (Phi) is 8.56. The Morgan fingerprint density at radius 2 is 1.95 bits per heavy atom. The molecule has 1 aromatic carbocycles. The number of hydrogen-bond donors (Lipinski definition) is 3. The molecular formula is C19H14ClF5N5O7P. The minimum Gasteiger partial charge on any atom is -0.449 e. The highest BCUT2D eigenvalue weighted by molar-refractivity contribution is 7.46. The molecular weight excluding hydrogens is 572 g/mol. The van der Waals surface area contributed by atoms with E-state index in [1.54, 1.807) is 6.07 Å². The van der Waals surface area contributed by atoms with Crippen molar-refractivity contribution in [2.75, 3.05) is 6.73 Å². The molecule has 0 radical (unpaired) electrons. The van der Waals surface area contributed by atoms with Crippen LogP contribution in [0, 0.1) is 11.3 Å². The average Bonchev–Trinajstić information content (AvgIpc) is 2.80. The molecule has 12 nitrogen and oxygen atoms in total. The van der Waals surface area contributed by atoms with E-state index >= 15 is 0 Å². The van der Waals surface area contributed by atoms with Gasteiger partial charge in [-0.05, 0) is 24.3 Å². The number of alkyl halides is 5. The van der Waals surface area contributed by atoms with Crippen molar-refractivity contribution in [3.8, 4) is 17.6 Å². The highest BCUT2D eigenvalue weighted by Gasteiger charge is 2.39. The van der Waals surface area contributed by atoms with E-state index < -0.39 is 74.0 Å². The van der Waals surface area contributed by atoms with Gasteiger partial charge in [-0.15, -0.1) is 0 Å². The van der Waals surface area contributed by atoms with Gasteiger partial charge in [-0.3, -0.25) is 13.9 Å². The molecule has 2 heterocycles. The predicted octanol–water partition coefficient (Wildman–Crippen LogP) is 2.83. The molecule has 1 aliphatic rings. The van der Waals surface area contributed by atoms with E-state index in [2.05, 4.69) is 14.6 Å². The Morgan fingerprint density at radius 3 is 2.53 bits per heavy atom. The number of allylic oxidation sites excluding steroid dienone is 1. The SMILES string of the molecule is N#Cc1cc(Cl)cc(Oc2c(C(F)(F)F)ncn(CC3=CC(C(F)F)=NN(COP(=O)(O)O)C3O)c2=O)c1. The first kappa shape index (κ1) is 29.2. The van der Waals surface area contributed by atoms with Crippen LogP contribution >= 0.6 is 19.4 Å². The van der Waals surface area contributed by atoms with Crippen LogP contribution in [0.3, 0.4) is 0 Å². The standard InChI is InChI=1S/C19H14ClF5N5O7P/c20-11-1-9(5-26)2-12(4-11)37-14-15(19(23,24)25)27-7-29(18(14)32)6-10-3-13(16(21)22)28-30(17(10)31)8-36-38(33,34)35/h1-4,7,16-17,31H,6,8H2,(H2,33,34,35). The van der Waals surface area contributed by atoms with Crippen LogP contribution in [0.4, 0.5) is 22.0 Å². The van der Waals surface area contributed by atoms with Crippen LogP contribution in [-0.2, 0) is 21.8 Å². The van der Waals surface area contributed by atoms with Crippen LogP contribution in [0.5, 0.6) is 11.5 Å². The van der Waals surface area contributed by atoms with Crippen molar-refractivity contribution in [3.63, 3.8) is 0 Å². The zero-order chi connectivity index (χ0) is 28.4. The number of aliphatic hydroxyl groups is 1. The maximum atomic E-state index is 13.6. The molecule has 0 saturated carbocycles. The summed E-state index contributed by atoms with van der Waals surface area (Å²) in [5, 5.41) is 23.0. The van der Waals surface area contributed by atoms with Crippen molar-refractivity contribution < 1.29 is 50.7 Å². The molecule has 19 heteroatoms. The Balaban J connectivity index is 2.03. The Labute approximate surface area is 213 Å². The van der Waals surface area contributed by atoms with Gasteiger partial charge in [0.15, 0.2) is 11.9 Å². The van der Waals surface area contributed by atoms with E-state index in [4.69, 9.17) is 31.4 Å². The van der Waals surface area contributed by atoms with E-state index in [0.29, 0.717) is 22.0 Å². The number of nitriles is 1. The number of phosphoric ester groups is 1. The van der Waals surface area contributed by atoms with Gasteiger partial charge in [0, 0.05) is 10.6 Å². The number of halogens is 6. The van der Waals surface area contributed by atoms with Gasteiger partial charge in [-0.25, -0.2) is 23.3 Å². The van der Waals surface area contributed by atoms with E-state index in [9.17, 15) is 36.4 Å². The lowest BCUT2D eigenvalue weighted by Crippen LogP contribution is -2.41. The minimum atomic E-state index is -5.18. The topological polar surface area (TPSA) is 170 Å². The number of aliphatic hydroxyl groups excluding tert-OH is 1. The Morgan fingerprint density at radius 1 is 1.26 bits per heavy atom. The highest BCUT2D eigenvalue weighted by atomic mass is 35.5. The molecule has 1 atom stereocenters. The lowest BCUT2D eigenvalue weighted by atomic mass is 10.1. The third-order valence-electron chi connectivity index (χ3n) is 4.61. The summed E-state index contributed by atoms with van der Waals surface area (Å²) in [6.07, 6.45) is -9.36. The smallest absolute Gasteiger partial charge is 0.449 e. The average molecular weight is 586 g/mol. The van der Waals surface area contributed by atoms with Crippen molar-refractivity contribution >= 4 is 25.1 Å². The third-order valence-corrected chi connectivity index (χ3v) is 5.28. The zero-order valence-corrected chi connectivity index (χ0v) is 20.0. The van der Waals surface area contributed by atoms with Gasteiger partial charge >= 0.3 is 14.0 Å². The molecule has 2 aromatic rings. The van der Waals surface area contributed by atoms with Gasteiger partial charge in [0.05, 0.1) is 24.5 Å². The molecule has 0 spiro atoms. The van der Waals surface area contributed by atoms with Crippen LogP contribution in [0.25, 0.3) is 0 Å². The number of benzene rings is 1. The van der Waals surface area contributed by atoms with Gasteiger partial charge in [0.1, 0.15) is 18.2 Å². The lowest BCUT2D eigenvalue weighted by Gasteiger charge is -2.31. The monoisotopic (exact) mass is 585 g/mol. The number of nitrogens with zero attached hydrogens (tertiary/aromatic N) is 5. The first-order chi connectivity index (χ1) is 17.6. The van der Waals surface area contributed by atoms with E-state index in [1.807, 2.05) is 0 Å². The molecule has 1 aliphatic heterocycles. The summed E-state index contributed by atoms with van der Waals surface area (Å²) >= 11 is 5.82. The Bertz CT molecular complexity index is 1440. The quantitative estimate of drug-likeness (QED) is 0.309. The van der Waals surface area contributed by atoms with Crippen molar-refractivity contribution in [2.24, 2.45) is 5.10 Å². The summed E-state index contributed by atoms with van der Waals surface area (Å²) in [4.78, 5) is 33.8. The lowest BCUT2D eigenvalue weighted by molar-refractivity contribution is -0.142. The maximum Gasteiger partial charge on any atom is 0.471 e. The van der Waals surface area contributed by atoms with Crippen LogP contribution in [0.15, 0.2) is 46.1 Å². The van der Waals surface area contributed by atoms with Gasteiger partial charge in [-0.2, -0.15) is 23.5 Å². The molecule has 1 unspecified atom stereocenters. The fourth-order valence-electron chi connectivity index (χ4n) is 3.03. The number of rotatable bonds is 8. The summed E-state index contributed by atoms with van der Waals surface area (Å²) in [7, 11) is -5.11. The summed E-state index contributed by atoms with van der Waals surface area (Å²) in [5.41, 5.74) is -4.77. The molecule has 3 N–H and O–H groups in total. The molecule has 0 bridgehead atoms. The van der Waals surface area contributed by atoms with Crippen molar-refractivity contribution in [1.82, 2.24) is 14.6 Å². The molecule has 38 heavy (non-hydrogen) atoms. The van der Waals surface area contributed by atoms with Crippen molar-refractivity contribution in [1.29, 1.82) is 5.26 Å². The molecule has 0 aliphatic carbocycles. The summed E-state index contributed by atoms with van der Waals surface area (Å²) < 4.78 is 88.1.